The number of hydrogen-bond donors (Lipinski definition) is 0. The molecule has 1 aliphatic heterocycles. The first-order valence-electron chi connectivity index (χ1n) is 2.32. The molecule has 1 rings (SSSR count). The van der Waals surface area contributed by atoms with Crippen LogP contribution in [0.25, 0.3) is 0 Å². The maximum absolute atomic E-state index is 5.60. The van der Waals surface area contributed by atoms with Crippen LogP contribution in [0.15, 0.2) is 11.1 Å². The Kier molecular flexibility index (Phi) is 1.71. The molecule has 0 aromatic carbocycles. The molecule has 1 nitrogen and oxygen atoms in total. The largest absolute Gasteiger partial charge is 0.377 e. The van der Waals surface area contributed by atoms with Gasteiger partial charge < -0.3 is 4.74 Å². The van der Waals surface area contributed by atoms with E-state index in [-0.39, 0.29) is 0 Å². The molecule has 0 aromatic rings. The SMILES string of the molecule is ClC1=CCOCC1. The summed E-state index contributed by atoms with van der Waals surface area (Å²) in [6.07, 6.45) is 2.78. The minimum atomic E-state index is 0.693. The van der Waals surface area contributed by atoms with Gasteiger partial charge in [0.15, 0.2) is 0 Å². The summed E-state index contributed by atoms with van der Waals surface area (Å²) in [7, 11) is 0. The van der Waals surface area contributed by atoms with E-state index < -0.39 is 0 Å². The lowest BCUT2D eigenvalue weighted by Gasteiger charge is -2.05. The van der Waals surface area contributed by atoms with Gasteiger partial charge in [-0.15, -0.1) is 0 Å². The maximum atomic E-state index is 5.60. The van der Waals surface area contributed by atoms with Crippen molar-refractivity contribution in [3.63, 3.8) is 0 Å². The number of hydrogen-bond acceptors (Lipinski definition) is 1. The van der Waals surface area contributed by atoms with Crippen LogP contribution in [0.3, 0.4) is 0 Å². The maximum Gasteiger partial charge on any atom is 0.0661 e. The highest BCUT2D eigenvalue weighted by atomic mass is 35.5. The second-order valence-corrected chi connectivity index (χ2v) is 1.96. The molecule has 2 heteroatoms. The Labute approximate surface area is 47.9 Å². The van der Waals surface area contributed by atoms with Crippen molar-refractivity contribution < 1.29 is 4.74 Å². The fourth-order valence-electron chi connectivity index (χ4n) is 0.504. The fourth-order valence-corrected chi connectivity index (χ4v) is 0.645. The molecule has 0 spiro atoms. The molecule has 0 aromatic heterocycles. The molecule has 0 saturated heterocycles. The first-order valence-corrected chi connectivity index (χ1v) is 2.69. The summed E-state index contributed by atoms with van der Waals surface area (Å²) in [5, 5.41) is 0.936. The van der Waals surface area contributed by atoms with Crippen LogP contribution in [0.5, 0.6) is 0 Å². The number of halogens is 1. The first-order chi connectivity index (χ1) is 3.39. The Morgan fingerprint density at radius 1 is 1.71 bits per heavy atom. The zero-order valence-corrected chi connectivity index (χ0v) is 4.74. The van der Waals surface area contributed by atoms with Gasteiger partial charge in [-0.1, -0.05) is 11.6 Å². The average molecular weight is 119 g/mol. The number of ether oxygens (including phenoxy) is 1. The van der Waals surface area contributed by atoms with Crippen LogP contribution in [-0.2, 0) is 4.74 Å². The van der Waals surface area contributed by atoms with E-state index in [0.717, 1.165) is 18.1 Å². The standard InChI is InChI=1S/C5H7ClO/c6-5-1-3-7-4-2-5/h1H,2-4H2. The summed E-state index contributed by atoms with van der Waals surface area (Å²) >= 11 is 5.60. The Hall–Kier alpha value is -0.0100. The topological polar surface area (TPSA) is 9.23 Å². The van der Waals surface area contributed by atoms with E-state index in [9.17, 15) is 0 Å². The predicted molar refractivity (Wildman–Crippen MR) is 29.4 cm³/mol. The molecule has 7 heavy (non-hydrogen) atoms. The normalized spacial score (nSPS) is 21.6. The van der Waals surface area contributed by atoms with Crippen molar-refractivity contribution in [2.45, 2.75) is 6.42 Å². The molecule has 0 atom stereocenters. The Balaban J connectivity index is 2.40. The summed E-state index contributed by atoms with van der Waals surface area (Å²) < 4.78 is 4.98. The predicted octanol–water partition coefficient (Wildman–Crippen LogP) is 1.53. The second kappa shape index (κ2) is 2.34. The lowest BCUT2D eigenvalue weighted by Crippen LogP contribution is -2.00. The molecule has 1 aliphatic rings. The zero-order chi connectivity index (χ0) is 5.11. The molecule has 0 N–H and O–H groups in total. The Morgan fingerprint density at radius 2 is 2.57 bits per heavy atom. The van der Waals surface area contributed by atoms with Gasteiger partial charge >= 0.3 is 0 Å². The third kappa shape index (κ3) is 1.49. The van der Waals surface area contributed by atoms with Crippen molar-refractivity contribution in [3.05, 3.63) is 11.1 Å². The van der Waals surface area contributed by atoms with Gasteiger partial charge in [0.1, 0.15) is 0 Å². The van der Waals surface area contributed by atoms with Gasteiger partial charge in [-0.2, -0.15) is 0 Å². The molecule has 0 radical (unpaired) electrons. The van der Waals surface area contributed by atoms with Crippen LogP contribution in [-0.4, -0.2) is 13.2 Å². The van der Waals surface area contributed by atoms with E-state index in [2.05, 4.69) is 0 Å². The minimum Gasteiger partial charge on any atom is -0.377 e. The third-order valence-corrected chi connectivity index (χ3v) is 1.25. The lowest BCUT2D eigenvalue weighted by molar-refractivity contribution is 0.157. The molecule has 0 fully saturated rings. The lowest BCUT2D eigenvalue weighted by atomic mass is 10.3. The molecule has 40 valence electrons. The smallest absolute Gasteiger partial charge is 0.0661 e. The minimum absolute atomic E-state index is 0.693. The van der Waals surface area contributed by atoms with E-state index in [0.29, 0.717) is 6.61 Å². The molecular formula is C5H7ClO. The van der Waals surface area contributed by atoms with Gasteiger partial charge in [-0.05, 0) is 6.08 Å². The zero-order valence-electron chi connectivity index (χ0n) is 3.98. The van der Waals surface area contributed by atoms with Crippen molar-refractivity contribution >= 4 is 11.6 Å². The molecule has 0 saturated carbocycles. The van der Waals surface area contributed by atoms with Gasteiger partial charge in [0, 0.05) is 11.5 Å². The van der Waals surface area contributed by atoms with Gasteiger partial charge in [0.05, 0.1) is 13.2 Å². The Bertz CT molecular complexity index is 88.1. The van der Waals surface area contributed by atoms with E-state index in [4.69, 9.17) is 16.3 Å². The summed E-state index contributed by atoms with van der Waals surface area (Å²) in [5.41, 5.74) is 0. The van der Waals surface area contributed by atoms with Crippen molar-refractivity contribution in [3.8, 4) is 0 Å². The van der Waals surface area contributed by atoms with E-state index in [1.165, 1.54) is 0 Å². The van der Waals surface area contributed by atoms with Crippen LogP contribution >= 0.6 is 11.6 Å². The van der Waals surface area contributed by atoms with E-state index >= 15 is 0 Å². The molecular weight excluding hydrogens is 112 g/mol. The van der Waals surface area contributed by atoms with E-state index in [1.807, 2.05) is 6.08 Å². The average Bonchev–Trinajstić information content (AvgIpc) is 1.69. The van der Waals surface area contributed by atoms with Gasteiger partial charge in [-0.25, -0.2) is 0 Å². The molecule has 0 unspecified atom stereocenters. The van der Waals surface area contributed by atoms with Gasteiger partial charge in [0.25, 0.3) is 0 Å². The summed E-state index contributed by atoms with van der Waals surface area (Å²) in [6.45, 7) is 1.48. The number of rotatable bonds is 0. The quantitative estimate of drug-likeness (QED) is 0.469. The van der Waals surface area contributed by atoms with Crippen molar-refractivity contribution in [1.29, 1.82) is 0 Å². The highest BCUT2D eigenvalue weighted by molar-refractivity contribution is 6.29. The van der Waals surface area contributed by atoms with Crippen LogP contribution in [0.2, 0.25) is 0 Å². The monoisotopic (exact) mass is 118 g/mol. The van der Waals surface area contributed by atoms with Crippen LogP contribution in [0.1, 0.15) is 6.42 Å². The van der Waals surface area contributed by atoms with E-state index in [1.54, 1.807) is 0 Å². The highest BCUT2D eigenvalue weighted by Crippen LogP contribution is 2.10. The van der Waals surface area contributed by atoms with Gasteiger partial charge in [0.2, 0.25) is 0 Å². The van der Waals surface area contributed by atoms with Gasteiger partial charge in [-0.3, -0.25) is 0 Å². The second-order valence-electron chi connectivity index (χ2n) is 1.48. The summed E-state index contributed by atoms with van der Waals surface area (Å²) in [6, 6.07) is 0. The van der Waals surface area contributed by atoms with Crippen LogP contribution in [0, 0.1) is 0 Å². The molecule has 0 aliphatic carbocycles. The third-order valence-electron chi connectivity index (χ3n) is 0.908. The summed E-state index contributed by atoms with van der Waals surface area (Å²) in [5.74, 6) is 0. The van der Waals surface area contributed by atoms with Crippen LogP contribution in [0.4, 0.5) is 0 Å². The van der Waals surface area contributed by atoms with Crippen molar-refractivity contribution in [1.82, 2.24) is 0 Å². The fraction of sp³-hybridized carbons (Fsp3) is 0.600. The first kappa shape index (κ1) is 5.13. The van der Waals surface area contributed by atoms with Crippen molar-refractivity contribution in [2.24, 2.45) is 0 Å². The molecule has 1 heterocycles. The Morgan fingerprint density at radius 3 is 2.86 bits per heavy atom. The molecule has 0 amide bonds. The van der Waals surface area contributed by atoms with Crippen LogP contribution < -0.4 is 0 Å². The van der Waals surface area contributed by atoms with Crippen molar-refractivity contribution in [2.75, 3.05) is 13.2 Å². The molecule has 0 bridgehead atoms. The summed E-state index contributed by atoms with van der Waals surface area (Å²) in [4.78, 5) is 0. The highest BCUT2D eigenvalue weighted by Gasteiger charge is 1.97.